The molecular weight excluding hydrogens is 296 g/mol. The summed E-state index contributed by atoms with van der Waals surface area (Å²) in [6.07, 6.45) is -0.323. The van der Waals surface area contributed by atoms with E-state index in [1.807, 2.05) is 24.3 Å². The molecule has 6 heteroatoms. The van der Waals surface area contributed by atoms with E-state index in [1.165, 1.54) is 12.1 Å². The fourth-order valence-electron chi connectivity index (χ4n) is 2.30. The molecule has 2 aromatic rings. The van der Waals surface area contributed by atoms with Crippen LogP contribution in [-0.2, 0) is 9.63 Å². The first-order chi connectivity index (χ1) is 11.2. The van der Waals surface area contributed by atoms with E-state index in [4.69, 9.17) is 9.57 Å². The first-order valence-electron chi connectivity index (χ1n) is 7.13. The van der Waals surface area contributed by atoms with Gasteiger partial charge < -0.3 is 20.0 Å². The highest BCUT2D eigenvalue weighted by Crippen LogP contribution is 2.22. The molecule has 0 saturated heterocycles. The smallest absolute Gasteiger partial charge is 0.268 e. The Hall–Kier alpha value is -3.02. The van der Waals surface area contributed by atoms with Crippen molar-refractivity contribution in [2.24, 2.45) is 5.16 Å². The summed E-state index contributed by atoms with van der Waals surface area (Å²) in [6.45, 7) is 0. The molecule has 0 fully saturated rings. The monoisotopic (exact) mass is 312 g/mol. The zero-order valence-electron chi connectivity index (χ0n) is 12.5. The molecule has 23 heavy (non-hydrogen) atoms. The lowest BCUT2D eigenvalue weighted by Gasteiger charge is -2.09. The van der Waals surface area contributed by atoms with Gasteiger partial charge in [-0.05, 0) is 24.3 Å². The summed E-state index contributed by atoms with van der Waals surface area (Å²) >= 11 is 0. The lowest BCUT2D eigenvalue weighted by molar-refractivity contribution is -0.125. The van der Waals surface area contributed by atoms with Crippen molar-refractivity contribution in [1.29, 1.82) is 0 Å². The van der Waals surface area contributed by atoms with Crippen molar-refractivity contribution in [3.63, 3.8) is 0 Å². The zero-order chi connectivity index (χ0) is 16.2. The fraction of sp³-hybridized carbons (Fsp3) is 0.176. The predicted molar refractivity (Wildman–Crippen MR) is 85.8 cm³/mol. The topological polar surface area (TPSA) is 80.2 Å². The van der Waals surface area contributed by atoms with Crippen LogP contribution < -0.4 is 10.1 Å². The maximum Gasteiger partial charge on any atom is 0.268 e. The second-order valence-electron chi connectivity index (χ2n) is 5.11. The molecule has 0 aromatic heterocycles. The number of ether oxygens (including phenoxy) is 1. The maximum atomic E-state index is 12.2. The van der Waals surface area contributed by atoms with Crippen molar-refractivity contribution in [2.45, 2.75) is 12.5 Å². The average Bonchev–Trinajstić information content (AvgIpc) is 3.05. The molecule has 1 amide bonds. The summed E-state index contributed by atoms with van der Waals surface area (Å²) in [5, 5.41) is 16.1. The Morgan fingerprint density at radius 2 is 2.13 bits per heavy atom. The number of phenols is 1. The molecule has 0 aliphatic carbocycles. The van der Waals surface area contributed by atoms with Gasteiger partial charge in [-0.2, -0.15) is 0 Å². The molecule has 6 nitrogen and oxygen atoms in total. The molecule has 1 aliphatic rings. The molecule has 0 radical (unpaired) electrons. The van der Waals surface area contributed by atoms with Crippen molar-refractivity contribution >= 4 is 17.3 Å². The highest BCUT2D eigenvalue weighted by Gasteiger charge is 2.29. The number of nitrogens with zero attached hydrogens (tertiary/aromatic N) is 1. The predicted octanol–water partition coefficient (Wildman–Crippen LogP) is 2.53. The third-order valence-electron chi connectivity index (χ3n) is 3.48. The number of hydrogen-bond acceptors (Lipinski definition) is 5. The average molecular weight is 312 g/mol. The van der Waals surface area contributed by atoms with Gasteiger partial charge in [-0.1, -0.05) is 23.4 Å². The summed E-state index contributed by atoms with van der Waals surface area (Å²) in [4.78, 5) is 17.4. The van der Waals surface area contributed by atoms with Crippen molar-refractivity contribution in [2.75, 3.05) is 12.4 Å². The molecule has 3 rings (SSSR count). The van der Waals surface area contributed by atoms with Crippen molar-refractivity contribution in [3.8, 4) is 11.5 Å². The summed E-state index contributed by atoms with van der Waals surface area (Å²) in [5.41, 5.74) is 2.06. The van der Waals surface area contributed by atoms with Crippen LogP contribution in [0.2, 0.25) is 0 Å². The van der Waals surface area contributed by atoms with Gasteiger partial charge in [-0.3, -0.25) is 4.79 Å². The standard InChI is InChI=1S/C17H16N2O4/c1-22-14-7-2-4-11(8-14)15-10-16(23-19-15)17(21)18-12-5-3-6-13(20)9-12/h2-9,16,20H,10H2,1H3,(H,18,21)/t16-/m0/s1. The molecule has 0 spiro atoms. The van der Waals surface area contributed by atoms with E-state index in [2.05, 4.69) is 10.5 Å². The van der Waals surface area contributed by atoms with E-state index in [0.29, 0.717) is 17.8 Å². The third kappa shape index (κ3) is 3.42. The van der Waals surface area contributed by atoms with E-state index < -0.39 is 6.10 Å². The Bertz CT molecular complexity index is 758. The maximum absolute atomic E-state index is 12.2. The van der Waals surface area contributed by atoms with Gasteiger partial charge in [0.05, 0.1) is 12.8 Å². The van der Waals surface area contributed by atoms with E-state index in [0.717, 1.165) is 11.3 Å². The molecule has 2 N–H and O–H groups in total. The van der Waals surface area contributed by atoms with Crippen molar-refractivity contribution in [1.82, 2.24) is 0 Å². The van der Waals surface area contributed by atoms with Crippen molar-refractivity contribution in [3.05, 3.63) is 54.1 Å². The van der Waals surface area contributed by atoms with Crippen LogP contribution in [0.25, 0.3) is 0 Å². The molecule has 0 unspecified atom stereocenters. The number of anilines is 1. The molecule has 0 saturated carbocycles. The third-order valence-corrected chi connectivity index (χ3v) is 3.48. The molecule has 118 valence electrons. The molecule has 1 atom stereocenters. The highest BCUT2D eigenvalue weighted by atomic mass is 16.6. The Kier molecular flexibility index (Phi) is 4.14. The number of oxime groups is 1. The second-order valence-corrected chi connectivity index (χ2v) is 5.11. The van der Waals surface area contributed by atoms with Gasteiger partial charge in [0.1, 0.15) is 11.5 Å². The molecule has 0 bridgehead atoms. The van der Waals surface area contributed by atoms with Crippen LogP contribution >= 0.6 is 0 Å². The number of amides is 1. The van der Waals surface area contributed by atoms with Crippen molar-refractivity contribution < 1.29 is 19.5 Å². The highest BCUT2D eigenvalue weighted by molar-refractivity contribution is 6.06. The zero-order valence-corrected chi connectivity index (χ0v) is 12.5. The lowest BCUT2D eigenvalue weighted by atomic mass is 10.0. The largest absolute Gasteiger partial charge is 0.508 e. The summed E-state index contributed by atoms with van der Waals surface area (Å²) < 4.78 is 5.18. The minimum absolute atomic E-state index is 0.0865. The van der Waals surface area contributed by atoms with Crippen LogP contribution in [0.3, 0.4) is 0 Å². The second kappa shape index (κ2) is 6.39. The first-order valence-corrected chi connectivity index (χ1v) is 7.13. The van der Waals surface area contributed by atoms with Gasteiger partial charge >= 0.3 is 0 Å². The normalized spacial score (nSPS) is 16.4. The van der Waals surface area contributed by atoms with E-state index >= 15 is 0 Å². The number of hydrogen-bond donors (Lipinski definition) is 2. The number of nitrogens with one attached hydrogen (secondary N) is 1. The van der Waals surface area contributed by atoms with Gasteiger partial charge in [-0.15, -0.1) is 0 Å². The summed E-state index contributed by atoms with van der Waals surface area (Å²) in [7, 11) is 1.59. The van der Waals surface area contributed by atoms with Crippen LogP contribution in [0, 0.1) is 0 Å². The lowest BCUT2D eigenvalue weighted by Crippen LogP contribution is -2.28. The van der Waals surface area contributed by atoms with Crippen LogP contribution in [0.5, 0.6) is 11.5 Å². The number of phenolic OH excluding ortho intramolecular Hbond substituents is 1. The Morgan fingerprint density at radius 1 is 1.30 bits per heavy atom. The minimum Gasteiger partial charge on any atom is -0.508 e. The Morgan fingerprint density at radius 3 is 2.91 bits per heavy atom. The number of carbonyl (C=O) groups excluding carboxylic acids is 1. The number of aromatic hydroxyl groups is 1. The number of rotatable bonds is 4. The number of benzene rings is 2. The van der Waals surface area contributed by atoms with Gasteiger partial charge in [0.2, 0.25) is 6.10 Å². The summed E-state index contributed by atoms with van der Waals surface area (Å²) in [6, 6.07) is 13.8. The van der Waals surface area contributed by atoms with E-state index in [9.17, 15) is 9.90 Å². The molecule has 2 aromatic carbocycles. The Balaban J connectivity index is 1.65. The summed E-state index contributed by atoms with van der Waals surface area (Å²) in [5.74, 6) is 0.499. The quantitative estimate of drug-likeness (QED) is 0.909. The van der Waals surface area contributed by atoms with Gasteiger partial charge in [-0.25, -0.2) is 0 Å². The minimum atomic E-state index is -0.696. The van der Waals surface area contributed by atoms with E-state index in [-0.39, 0.29) is 11.7 Å². The SMILES string of the molecule is COc1cccc(C2=NO[C@H](C(=O)Nc3cccc(O)c3)C2)c1. The molecule has 1 heterocycles. The molecule has 1 aliphatic heterocycles. The van der Waals surface area contributed by atoms with Crippen LogP contribution in [0.15, 0.2) is 53.7 Å². The van der Waals surface area contributed by atoms with Crippen LogP contribution in [0.4, 0.5) is 5.69 Å². The van der Waals surface area contributed by atoms with Gasteiger partial charge in [0.25, 0.3) is 5.91 Å². The number of methoxy groups -OCH3 is 1. The Labute approximate surface area is 133 Å². The van der Waals surface area contributed by atoms with Crippen LogP contribution in [-0.4, -0.2) is 29.9 Å². The fourth-order valence-corrected chi connectivity index (χ4v) is 2.30. The van der Waals surface area contributed by atoms with Crippen LogP contribution in [0.1, 0.15) is 12.0 Å². The van der Waals surface area contributed by atoms with E-state index in [1.54, 1.807) is 19.2 Å². The van der Waals surface area contributed by atoms with Gasteiger partial charge in [0.15, 0.2) is 0 Å². The number of carbonyl (C=O) groups is 1. The van der Waals surface area contributed by atoms with Gasteiger partial charge in [0, 0.05) is 23.7 Å². The first kappa shape index (κ1) is 14.9. The molecular formula is C17H16N2O4.